The summed E-state index contributed by atoms with van der Waals surface area (Å²) < 4.78 is 19.5. The first kappa shape index (κ1) is 20.5. The molecule has 2 amide bonds. The predicted molar refractivity (Wildman–Crippen MR) is 114 cm³/mol. The Morgan fingerprint density at radius 1 is 1.13 bits per heavy atom. The number of hydrogen-bond donors (Lipinski definition) is 0. The van der Waals surface area contributed by atoms with E-state index in [1.165, 1.54) is 29.3 Å². The van der Waals surface area contributed by atoms with Gasteiger partial charge in [0.15, 0.2) is 5.76 Å². The van der Waals surface area contributed by atoms with Gasteiger partial charge in [-0.1, -0.05) is 48.0 Å². The molecule has 1 aliphatic rings. The second-order valence-corrected chi connectivity index (χ2v) is 7.53. The number of rotatable bonds is 5. The average Bonchev–Trinajstić information content (AvgIpc) is 3.44. The van der Waals surface area contributed by atoms with Gasteiger partial charge < -0.3 is 9.32 Å². The molecule has 0 saturated carbocycles. The van der Waals surface area contributed by atoms with Crippen LogP contribution in [0.3, 0.4) is 0 Å². The normalized spacial score (nSPS) is 15.6. The Labute approximate surface area is 179 Å². The minimum absolute atomic E-state index is 0.155. The van der Waals surface area contributed by atoms with Crippen LogP contribution in [-0.4, -0.2) is 41.0 Å². The van der Waals surface area contributed by atoms with E-state index in [1.807, 2.05) is 31.2 Å². The Bertz CT molecular complexity index is 1120. The summed E-state index contributed by atoms with van der Waals surface area (Å²) in [5.74, 6) is -0.993. The lowest BCUT2D eigenvalue weighted by Crippen LogP contribution is -2.39. The first-order valence-corrected chi connectivity index (χ1v) is 9.94. The van der Waals surface area contributed by atoms with Crippen LogP contribution in [0.4, 0.5) is 4.39 Å². The van der Waals surface area contributed by atoms with Crippen LogP contribution in [0, 0.1) is 12.7 Å². The van der Waals surface area contributed by atoms with Crippen molar-refractivity contribution in [2.24, 2.45) is 5.10 Å². The molecule has 1 aromatic heterocycles. The van der Waals surface area contributed by atoms with Gasteiger partial charge in [-0.05, 0) is 30.7 Å². The number of furan rings is 1. The van der Waals surface area contributed by atoms with Gasteiger partial charge in [0.2, 0.25) is 0 Å². The molecule has 0 N–H and O–H groups in total. The summed E-state index contributed by atoms with van der Waals surface area (Å²) in [6, 6.07) is 17.0. The van der Waals surface area contributed by atoms with Crippen LogP contribution in [0.2, 0.25) is 0 Å². The maximum absolute atomic E-state index is 14.4. The number of hydrazone groups is 1. The number of benzene rings is 2. The van der Waals surface area contributed by atoms with Crippen LogP contribution in [0.25, 0.3) is 0 Å². The molecule has 1 atom stereocenters. The molecule has 7 heteroatoms. The van der Waals surface area contributed by atoms with Crippen LogP contribution >= 0.6 is 0 Å². The van der Waals surface area contributed by atoms with Gasteiger partial charge in [0.25, 0.3) is 11.8 Å². The summed E-state index contributed by atoms with van der Waals surface area (Å²) in [6.45, 7) is 1.80. The summed E-state index contributed by atoms with van der Waals surface area (Å²) in [6.07, 6.45) is 1.79. The smallest absolute Gasteiger partial charge is 0.289 e. The van der Waals surface area contributed by atoms with Crippen molar-refractivity contribution >= 4 is 17.5 Å². The van der Waals surface area contributed by atoms with Crippen LogP contribution in [-0.2, 0) is 4.79 Å². The van der Waals surface area contributed by atoms with Gasteiger partial charge in [0.05, 0.1) is 18.0 Å². The van der Waals surface area contributed by atoms with E-state index in [1.54, 1.807) is 30.3 Å². The zero-order valence-corrected chi connectivity index (χ0v) is 17.3. The first-order valence-electron chi connectivity index (χ1n) is 9.94. The van der Waals surface area contributed by atoms with Gasteiger partial charge >= 0.3 is 0 Å². The van der Waals surface area contributed by atoms with Crippen molar-refractivity contribution in [3.63, 3.8) is 0 Å². The molecular formula is C24H22FN3O3. The standard InChI is InChI=1S/C24H22FN3O3/c1-16-9-11-17(12-10-16)21-14-20(18-6-3-4-7-19(18)25)26-28(21)23(29)15-27(2)24(30)22-8-5-13-31-22/h3-13,21H,14-15H2,1-2H3/t21-/m0/s1. The molecule has 3 aromatic rings. The zero-order chi connectivity index (χ0) is 22.0. The molecule has 0 fully saturated rings. The molecule has 0 aliphatic carbocycles. The van der Waals surface area contributed by atoms with E-state index < -0.39 is 5.91 Å². The van der Waals surface area contributed by atoms with E-state index in [0.29, 0.717) is 17.7 Å². The van der Waals surface area contributed by atoms with E-state index in [9.17, 15) is 14.0 Å². The SMILES string of the molecule is Cc1ccc([C@@H]2CC(c3ccccc3F)=NN2C(=O)CN(C)C(=O)c2ccco2)cc1. The topological polar surface area (TPSA) is 66.1 Å². The predicted octanol–water partition coefficient (Wildman–Crippen LogP) is 4.18. The largest absolute Gasteiger partial charge is 0.459 e. The number of hydrogen-bond acceptors (Lipinski definition) is 4. The molecule has 0 unspecified atom stereocenters. The number of aryl methyl sites for hydroxylation is 1. The molecule has 0 spiro atoms. The lowest BCUT2D eigenvalue weighted by Gasteiger charge is -2.24. The number of carbonyl (C=O) groups is 2. The fourth-order valence-corrected chi connectivity index (χ4v) is 3.58. The van der Waals surface area contributed by atoms with Gasteiger partial charge in [-0.15, -0.1) is 0 Å². The van der Waals surface area contributed by atoms with Gasteiger partial charge in [-0.2, -0.15) is 5.10 Å². The Balaban J connectivity index is 1.61. The Morgan fingerprint density at radius 3 is 2.55 bits per heavy atom. The maximum Gasteiger partial charge on any atom is 0.289 e. The van der Waals surface area contributed by atoms with E-state index in [2.05, 4.69) is 5.10 Å². The van der Waals surface area contributed by atoms with Crippen LogP contribution < -0.4 is 0 Å². The van der Waals surface area contributed by atoms with Crippen molar-refractivity contribution in [3.05, 3.63) is 95.2 Å². The van der Waals surface area contributed by atoms with E-state index >= 15 is 0 Å². The highest BCUT2D eigenvalue weighted by Crippen LogP contribution is 2.33. The van der Waals surface area contributed by atoms with Crippen LogP contribution in [0.1, 0.15) is 39.7 Å². The summed E-state index contributed by atoms with van der Waals surface area (Å²) in [5, 5.41) is 5.83. The summed E-state index contributed by atoms with van der Waals surface area (Å²) in [7, 11) is 1.53. The fraction of sp³-hybridized carbons (Fsp3) is 0.208. The Morgan fingerprint density at radius 2 is 1.87 bits per heavy atom. The highest BCUT2D eigenvalue weighted by Gasteiger charge is 2.34. The monoisotopic (exact) mass is 419 g/mol. The van der Waals surface area contributed by atoms with Crippen molar-refractivity contribution in [1.82, 2.24) is 9.91 Å². The molecule has 6 nitrogen and oxygen atoms in total. The van der Waals surface area contributed by atoms with Crippen LogP contribution in [0.15, 0.2) is 76.4 Å². The van der Waals surface area contributed by atoms with Crippen molar-refractivity contribution < 1.29 is 18.4 Å². The molecule has 1 aliphatic heterocycles. The number of carbonyl (C=O) groups excluding carboxylic acids is 2. The third-order valence-corrected chi connectivity index (χ3v) is 5.26. The van der Waals surface area contributed by atoms with Crippen molar-refractivity contribution in [2.75, 3.05) is 13.6 Å². The van der Waals surface area contributed by atoms with Crippen molar-refractivity contribution in [1.29, 1.82) is 0 Å². The second kappa shape index (κ2) is 8.55. The molecule has 4 rings (SSSR count). The van der Waals surface area contributed by atoms with Crippen molar-refractivity contribution in [3.8, 4) is 0 Å². The van der Waals surface area contributed by atoms with Crippen LogP contribution in [0.5, 0.6) is 0 Å². The van der Waals surface area contributed by atoms with Crippen molar-refractivity contribution in [2.45, 2.75) is 19.4 Å². The second-order valence-electron chi connectivity index (χ2n) is 7.53. The number of amides is 2. The molecule has 2 aromatic carbocycles. The van der Waals surface area contributed by atoms with Gasteiger partial charge in [0, 0.05) is 19.0 Å². The Hall–Kier alpha value is -3.74. The molecule has 158 valence electrons. The minimum atomic E-state index is -0.400. The van der Waals surface area contributed by atoms with Gasteiger partial charge in [0.1, 0.15) is 12.4 Å². The third-order valence-electron chi connectivity index (χ3n) is 5.26. The maximum atomic E-state index is 14.4. The van der Waals surface area contributed by atoms with Gasteiger partial charge in [-0.25, -0.2) is 9.40 Å². The number of nitrogens with zero attached hydrogens (tertiary/aromatic N) is 3. The molecule has 0 bridgehead atoms. The fourth-order valence-electron chi connectivity index (χ4n) is 3.58. The van der Waals surface area contributed by atoms with Gasteiger partial charge in [-0.3, -0.25) is 9.59 Å². The minimum Gasteiger partial charge on any atom is -0.459 e. The lowest BCUT2D eigenvalue weighted by atomic mass is 9.97. The van der Waals surface area contributed by atoms with E-state index in [4.69, 9.17) is 4.42 Å². The van der Waals surface area contributed by atoms with E-state index in [0.717, 1.165) is 11.1 Å². The number of likely N-dealkylation sites (N-methyl/N-ethyl adjacent to an activating group) is 1. The average molecular weight is 419 g/mol. The molecule has 2 heterocycles. The first-order chi connectivity index (χ1) is 14.9. The lowest BCUT2D eigenvalue weighted by molar-refractivity contribution is -0.133. The van der Waals surface area contributed by atoms with E-state index in [-0.39, 0.29) is 30.1 Å². The summed E-state index contributed by atoms with van der Waals surface area (Å²) in [4.78, 5) is 26.9. The zero-order valence-electron chi connectivity index (χ0n) is 17.3. The third kappa shape index (κ3) is 4.26. The highest BCUT2D eigenvalue weighted by molar-refractivity contribution is 6.03. The molecule has 0 radical (unpaired) electrons. The molecule has 0 saturated heterocycles. The highest BCUT2D eigenvalue weighted by atomic mass is 19.1. The summed E-state index contributed by atoms with van der Waals surface area (Å²) in [5.41, 5.74) is 2.86. The molecule has 31 heavy (non-hydrogen) atoms. The molecular weight excluding hydrogens is 397 g/mol. The quantitative estimate of drug-likeness (QED) is 0.623. The Kier molecular flexibility index (Phi) is 5.66. The number of halogens is 1. The summed E-state index contributed by atoms with van der Waals surface area (Å²) >= 11 is 0.